The van der Waals surface area contributed by atoms with Crippen LogP contribution in [0.3, 0.4) is 0 Å². The third-order valence-electron chi connectivity index (χ3n) is 2.08. The van der Waals surface area contributed by atoms with E-state index in [-0.39, 0.29) is 6.61 Å². The average Bonchev–Trinajstić information content (AvgIpc) is 2.68. The van der Waals surface area contributed by atoms with Gasteiger partial charge in [-0.3, -0.25) is 4.98 Å². The van der Waals surface area contributed by atoms with Gasteiger partial charge >= 0.3 is 0 Å². The largest absolute Gasteiger partial charge is 0.395 e. The van der Waals surface area contributed by atoms with E-state index in [4.69, 9.17) is 10.4 Å². The lowest BCUT2D eigenvalue weighted by Crippen LogP contribution is -2.03. The molecule has 0 saturated carbocycles. The van der Waals surface area contributed by atoms with Crippen LogP contribution in [0.15, 0.2) is 23.7 Å². The Hall–Kier alpha value is -1.44. The number of fused-ring (bicyclic) bond motifs is 1. The van der Waals surface area contributed by atoms with Crippen molar-refractivity contribution in [3.8, 4) is 6.07 Å². The summed E-state index contributed by atoms with van der Waals surface area (Å²) in [5.41, 5.74) is 0.675. The van der Waals surface area contributed by atoms with Crippen molar-refractivity contribution in [2.45, 2.75) is 5.92 Å². The first-order chi connectivity index (χ1) is 6.86. The number of rotatable bonds is 2. The molecule has 70 valence electrons. The maximum absolute atomic E-state index is 9.02. The number of nitriles is 1. The number of aromatic nitrogens is 1. The van der Waals surface area contributed by atoms with E-state index in [1.54, 1.807) is 17.5 Å². The van der Waals surface area contributed by atoms with Gasteiger partial charge in [-0.2, -0.15) is 5.26 Å². The number of pyridine rings is 1. The molecule has 2 heterocycles. The molecule has 0 amide bonds. The zero-order chi connectivity index (χ0) is 9.97. The molecule has 1 unspecified atom stereocenters. The zero-order valence-corrected chi connectivity index (χ0v) is 8.16. The van der Waals surface area contributed by atoms with E-state index in [9.17, 15) is 0 Å². The van der Waals surface area contributed by atoms with Gasteiger partial charge in [0.25, 0.3) is 0 Å². The molecule has 0 spiro atoms. The van der Waals surface area contributed by atoms with Gasteiger partial charge in [-0.05, 0) is 17.5 Å². The Balaban J connectivity index is 2.62. The monoisotopic (exact) mass is 204 g/mol. The van der Waals surface area contributed by atoms with Gasteiger partial charge in [0.05, 0.1) is 18.4 Å². The Labute approximate surface area is 85.3 Å². The van der Waals surface area contributed by atoms with Crippen molar-refractivity contribution in [1.82, 2.24) is 4.98 Å². The first-order valence-electron chi connectivity index (χ1n) is 4.19. The predicted molar refractivity (Wildman–Crippen MR) is 55.1 cm³/mol. The van der Waals surface area contributed by atoms with Gasteiger partial charge in [0.15, 0.2) is 0 Å². The normalized spacial score (nSPS) is 12.6. The van der Waals surface area contributed by atoms with Crippen molar-refractivity contribution in [2.24, 2.45) is 0 Å². The summed E-state index contributed by atoms with van der Waals surface area (Å²) in [5.74, 6) is -0.520. The lowest BCUT2D eigenvalue weighted by Gasteiger charge is -2.05. The van der Waals surface area contributed by atoms with Crippen molar-refractivity contribution in [2.75, 3.05) is 6.61 Å². The lowest BCUT2D eigenvalue weighted by atomic mass is 10.0. The first kappa shape index (κ1) is 9.13. The summed E-state index contributed by atoms with van der Waals surface area (Å²) in [7, 11) is 0. The fraction of sp³-hybridized carbons (Fsp3) is 0.200. The van der Waals surface area contributed by atoms with Gasteiger partial charge in [0.2, 0.25) is 0 Å². The highest BCUT2D eigenvalue weighted by Crippen LogP contribution is 2.26. The second-order valence-electron chi connectivity index (χ2n) is 2.89. The maximum atomic E-state index is 9.02. The lowest BCUT2D eigenvalue weighted by molar-refractivity contribution is 0.285. The molecule has 2 rings (SSSR count). The highest BCUT2D eigenvalue weighted by Gasteiger charge is 2.14. The van der Waals surface area contributed by atoms with E-state index in [2.05, 4.69) is 4.98 Å². The molecule has 2 aromatic rings. The molecule has 1 N–H and O–H groups in total. The average molecular weight is 204 g/mol. The van der Waals surface area contributed by atoms with Crippen molar-refractivity contribution >= 4 is 21.4 Å². The van der Waals surface area contributed by atoms with Crippen LogP contribution in [0.4, 0.5) is 0 Å². The summed E-state index contributed by atoms with van der Waals surface area (Å²) in [6.07, 6.45) is 1.67. The third kappa shape index (κ3) is 1.37. The predicted octanol–water partition coefficient (Wildman–Crippen LogP) is 1.90. The fourth-order valence-electron chi connectivity index (χ4n) is 1.38. The molecule has 0 aliphatic heterocycles. The molecule has 0 bridgehead atoms. The molecular formula is C10H8N2OS. The number of hydrogen-bond acceptors (Lipinski definition) is 4. The molecule has 0 aliphatic rings. The second kappa shape index (κ2) is 3.74. The van der Waals surface area contributed by atoms with Crippen LogP contribution >= 0.6 is 11.3 Å². The third-order valence-corrected chi connectivity index (χ3v) is 2.96. The Morgan fingerprint density at radius 2 is 2.43 bits per heavy atom. The number of aliphatic hydroxyl groups is 1. The van der Waals surface area contributed by atoms with Crippen LogP contribution in [-0.2, 0) is 0 Å². The summed E-state index contributed by atoms with van der Waals surface area (Å²) in [6, 6.07) is 5.89. The van der Waals surface area contributed by atoms with E-state index in [1.165, 1.54) is 0 Å². The summed E-state index contributed by atoms with van der Waals surface area (Å²) in [5, 5.41) is 20.8. The van der Waals surface area contributed by atoms with Crippen LogP contribution in [0.25, 0.3) is 10.1 Å². The van der Waals surface area contributed by atoms with Gasteiger partial charge in [0, 0.05) is 16.3 Å². The SMILES string of the molecule is N#CC(CO)c1nccc2sccc12. The molecule has 1 atom stereocenters. The summed E-state index contributed by atoms with van der Waals surface area (Å²) in [4.78, 5) is 4.15. The van der Waals surface area contributed by atoms with Crippen molar-refractivity contribution < 1.29 is 5.11 Å². The van der Waals surface area contributed by atoms with Gasteiger partial charge in [-0.1, -0.05) is 0 Å². The maximum Gasteiger partial charge on any atom is 0.112 e. The summed E-state index contributed by atoms with van der Waals surface area (Å²) < 4.78 is 1.10. The standard InChI is InChI=1S/C10H8N2OS/c11-5-7(6-13)10-8-2-4-14-9(8)1-3-12-10/h1-4,7,13H,6H2. The number of aliphatic hydroxyl groups excluding tert-OH is 1. The molecule has 0 aromatic carbocycles. The van der Waals surface area contributed by atoms with Gasteiger partial charge in [-0.15, -0.1) is 11.3 Å². The minimum atomic E-state index is -0.520. The van der Waals surface area contributed by atoms with E-state index in [0.29, 0.717) is 5.69 Å². The van der Waals surface area contributed by atoms with Crippen molar-refractivity contribution in [3.05, 3.63) is 29.4 Å². The van der Waals surface area contributed by atoms with Gasteiger partial charge < -0.3 is 5.11 Å². The molecule has 0 fully saturated rings. The van der Waals surface area contributed by atoms with E-state index >= 15 is 0 Å². The van der Waals surface area contributed by atoms with E-state index < -0.39 is 5.92 Å². The van der Waals surface area contributed by atoms with Crippen LogP contribution < -0.4 is 0 Å². The number of hydrogen-bond donors (Lipinski definition) is 1. The minimum Gasteiger partial charge on any atom is -0.395 e. The van der Waals surface area contributed by atoms with Crippen molar-refractivity contribution in [3.63, 3.8) is 0 Å². The fourth-order valence-corrected chi connectivity index (χ4v) is 2.17. The molecule has 2 aromatic heterocycles. The molecule has 0 radical (unpaired) electrons. The molecule has 0 aliphatic carbocycles. The minimum absolute atomic E-state index is 0.182. The zero-order valence-electron chi connectivity index (χ0n) is 7.34. The number of nitrogens with zero attached hydrogens (tertiary/aromatic N) is 2. The Morgan fingerprint density at radius 3 is 3.14 bits per heavy atom. The molecular weight excluding hydrogens is 196 g/mol. The van der Waals surface area contributed by atoms with E-state index in [1.807, 2.05) is 23.6 Å². The summed E-state index contributed by atoms with van der Waals surface area (Å²) in [6.45, 7) is -0.182. The highest BCUT2D eigenvalue weighted by molar-refractivity contribution is 7.17. The molecule has 0 saturated heterocycles. The van der Waals surface area contributed by atoms with Crippen LogP contribution in [0.2, 0.25) is 0 Å². The topological polar surface area (TPSA) is 56.9 Å². The smallest absolute Gasteiger partial charge is 0.112 e. The van der Waals surface area contributed by atoms with Crippen LogP contribution in [0.5, 0.6) is 0 Å². The first-order valence-corrected chi connectivity index (χ1v) is 5.07. The van der Waals surface area contributed by atoms with Crippen molar-refractivity contribution in [1.29, 1.82) is 5.26 Å². The quantitative estimate of drug-likeness (QED) is 0.812. The van der Waals surface area contributed by atoms with Gasteiger partial charge in [-0.25, -0.2) is 0 Å². The highest BCUT2D eigenvalue weighted by atomic mass is 32.1. The van der Waals surface area contributed by atoms with Gasteiger partial charge in [0.1, 0.15) is 5.92 Å². The molecule has 4 heteroatoms. The second-order valence-corrected chi connectivity index (χ2v) is 3.84. The Bertz CT molecular complexity index is 486. The van der Waals surface area contributed by atoms with Crippen LogP contribution in [0, 0.1) is 11.3 Å². The van der Waals surface area contributed by atoms with Crippen LogP contribution in [-0.4, -0.2) is 16.7 Å². The Kier molecular flexibility index (Phi) is 2.44. The van der Waals surface area contributed by atoms with Crippen LogP contribution in [0.1, 0.15) is 11.6 Å². The van der Waals surface area contributed by atoms with E-state index in [0.717, 1.165) is 10.1 Å². The molecule has 14 heavy (non-hydrogen) atoms. The molecule has 3 nitrogen and oxygen atoms in total. The summed E-state index contributed by atoms with van der Waals surface area (Å²) >= 11 is 1.61. The Morgan fingerprint density at radius 1 is 1.57 bits per heavy atom. The number of thiophene rings is 1.